The average Bonchev–Trinajstić information content (AvgIpc) is 3.00. The Morgan fingerprint density at radius 1 is 1.33 bits per heavy atom. The van der Waals surface area contributed by atoms with Crippen LogP contribution in [0.15, 0.2) is 42.0 Å². The van der Waals surface area contributed by atoms with Crippen LogP contribution in [0, 0.1) is 0 Å². The van der Waals surface area contributed by atoms with Gasteiger partial charge in [-0.25, -0.2) is 4.98 Å². The highest BCUT2D eigenvalue weighted by molar-refractivity contribution is 7.15. The number of anilines is 2. The van der Waals surface area contributed by atoms with Crippen LogP contribution in [0.25, 0.3) is 4.96 Å². The first kappa shape index (κ1) is 13.6. The minimum absolute atomic E-state index is 0.0571. The lowest BCUT2D eigenvalue weighted by molar-refractivity contribution is -0.115. The van der Waals surface area contributed by atoms with Gasteiger partial charge < -0.3 is 10.2 Å². The number of hydrogen-bond donors (Lipinski definition) is 1. The molecule has 0 saturated heterocycles. The standard InChI is InChI=1S/C15H16N4OS/c1-18(2)13-5-3-11(4-6-13)16-14(20)9-12-10-19-7-8-21-15(19)17-12/h3-8,10H,9H2,1-2H3,(H,16,20). The molecule has 6 heteroatoms. The average molecular weight is 300 g/mol. The van der Waals surface area contributed by atoms with Crippen molar-refractivity contribution in [2.45, 2.75) is 6.42 Å². The van der Waals surface area contributed by atoms with Gasteiger partial charge in [-0.1, -0.05) is 0 Å². The summed E-state index contributed by atoms with van der Waals surface area (Å²) in [4.78, 5) is 19.4. The molecule has 3 rings (SSSR count). The van der Waals surface area contributed by atoms with Crippen LogP contribution >= 0.6 is 11.3 Å². The Morgan fingerprint density at radius 2 is 2.10 bits per heavy atom. The fraction of sp³-hybridized carbons (Fsp3) is 0.200. The molecule has 0 spiro atoms. The molecule has 0 atom stereocenters. The molecule has 1 aromatic carbocycles. The number of imidazole rings is 1. The van der Waals surface area contributed by atoms with E-state index in [0.29, 0.717) is 0 Å². The number of thiazole rings is 1. The molecule has 0 radical (unpaired) electrons. The van der Waals surface area contributed by atoms with E-state index in [0.717, 1.165) is 22.0 Å². The first-order chi connectivity index (χ1) is 10.1. The van der Waals surface area contributed by atoms with E-state index in [2.05, 4.69) is 10.3 Å². The molecule has 1 N–H and O–H groups in total. The maximum Gasteiger partial charge on any atom is 0.230 e. The normalized spacial score (nSPS) is 10.8. The fourth-order valence-electron chi connectivity index (χ4n) is 2.07. The van der Waals surface area contributed by atoms with E-state index >= 15 is 0 Å². The fourth-order valence-corrected chi connectivity index (χ4v) is 2.79. The van der Waals surface area contributed by atoms with Crippen molar-refractivity contribution in [2.75, 3.05) is 24.3 Å². The number of carbonyl (C=O) groups is 1. The predicted molar refractivity (Wildman–Crippen MR) is 86.2 cm³/mol. The maximum absolute atomic E-state index is 12.0. The number of fused-ring (bicyclic) bond motifs is 1. The SMILES string of the molecule is CN(C)c1ccc(NC(=O)Cc2cn3ccsc3n2)cc1. The van der Waals surface area contributed by atoms with Crippen molar-refractivity contribution in [2.24, 2.45) is 0 Å². The van der Waals surface area contributed by atoms with Crippen molar-refractivity contribution < 1.29 is 4.79 Å². The van der Waals surface area contributed by atoms with E-state index < -0.39 is 0 Å². The largest absolute Gasteiger partial charge is 0.378 e. The first-order valence-electron chi connectivity index (χ1n) is 6.60. The summed E-state index contributed by atoms with van der Waals surface area (Å²) in [5.74, 6) is -0.0571. The Bertz CT molecular complexity index is 729. The third kappa shape index (κ3) is 3.05. The Hall–Kier alpha value is -2.34. The monoisotopic (exact) mass is 300 g/mol. The van der Waals surface area contributed by atoms with Crippen LogP contribution in [0.5, 0.6) is 0 Å². The first-order valence-corrected chi connectivity index (χ1v) is 7.48. The third-order valence-corrected chi connectivity index (χ3v) is 3.92. The number of rotatable bonds is 4. The van der Waals surface area contributed by atoms with Crippen LogP contribution in [-0.4, -0.2) is 29.4 Å². The molecular formula is C15H16N4OS. The lowest BCUT2D eigenvalue weighted by Gasteiger charge is -2.12. The van der Waals surface area contributed by atoms with E-state index in [1.165, 1.54) is 0 Å². The topological polar surface area (TPSA) is 49.6 Å². The molecule has 0 aliphatic rings. The van der Waals surface area contributed by atoms with Crippen molar-refractivity contribution in [3.8, 4) is 0 Å². The van der Waals surface area contributed by atoms with Crippen LogP contribution < -0.4 is 10.2 Å². The quantitative estimate of drug-likeness (QED) is 0.806. The molecule has 0 aliphatic heterocycles. The van der Waals surface area contributed by atoms with E-state index in [1.807, 2.05) is 65.4 Å². The van der Waals surface area contributed by atoms with Crippen LogP contribution in [0.3, 0.4) is 0 Å². The van der Waals surface area contributed by atoms with Crippen molar-refractivity contribution in [1.29, 1.82) is 0 Å². The Kier molecular flexibility index (Phi) is 3.62. The number of carbonyl (C=O) groups excluding carboxylic acids is 1. The van der Waals surface area contributed by atoms with E-state index in [9.17, 15) is 4.79 Å². The van der Waals surface area contributed by atoms with Crippen molar-refractivity contribution in [1.82, 2.24) is 9.38 Å². The molecule has 0 saturated carbocycles. The number of aromatic nitrogens is 2. The summed E-state index contributed by atoms with van der Waals surface area (Å²) in [6.07, 6.45) is 4.11. The molecular weight excluding hydrogens is 284 g/mol. The second-order valence-electron chi connectivity index (χ2n) is 4.99. The van der Waals surface area contributed by atoms with Gasteiger partial charge in [-0.3, -0.25) is 9.20 Å². The molecule has 5 nitrogen and oxygen atoms in total. The zero-order valence-corrected chi connectivity index (χ0v) is 12.7. The van der Waals surface area contributed by atoms with Gasteiger partial charge in [0.05, 0.1) is 12.1 Å². The van der Waals surface area contributed by atoms with Gasteiger partial charge in [0.1, 0.15) is 0 Å². The van der Waals surface area contributed by atoms with Crippen molar-refractivity contribution >= 4 is 33.6 Å². The highest BCUT2D eigenvalue weighted by Crippen LogP contribution is 2.16. The van der Waals surface area contributed by atoms with Gasteiger partial charge in [0.15, 0.2) is 4.96 Å². The number of amides is 1. The number of nitrogens with one attached hydrogen (secondary N) is 1. The van der Waals surface area contributed by atoms with Gasteiger partial charge in [0.25, 0.3) is 0 Å². The lowest BCUT2D eigenvalue weighted by atomic mass is 10.2. The molecule has 0 bridgehead atoms. The smallest absolute Gasteiger partial charge is 0.230 e. The van der Waals surface area contributed by atoms with Crippen LogP contribution in [-0.2, 0) is 11.2 Å². The zero-order chi connectivity index (χ0) is 14.8. The summed E-state index contributed by atoms with van der Waals surface area (Å²) in [6, 6.07) is 7.75. The van der Waals surface area contributed by atoms with Gasteiger partial charge in [0.2, 0.25) is 5.91 Å². The summed E-state index contributed by atoms with van der Waals surface area (Å²) in [6.45, 7) is 0. The highest BCUT2D eigenvalue weighted by Gasteiger charge is 2.08. The molecule has 2 heterocycles. The van der Waals surface area contributed by atoms with Gasteiger partial charge in [-0.05, 0) is 24.3 Å². The van der Waals surface area contributed by atoms with E-state index in [1.54, 1.807) is 11.3 Å². The highest BCUT2D eigenvalue weighted by atomic mass is 32.1. The minimum atomic E-state index is -0.0571. The summed E-state index contributed by atoms with van der Waals surface area (Å²) in [5.41, 5.74) is 2.68. The maximum atomic E-state index is 12.0. The Balaban J connectivity index is 1.64. The third-order valence-electron chi connectivity index (χ3n) is 3.15. The Morgan fingerprint density at radius 3 is 2.76 bits per heavy atom. The minimum Gasteiger partial charge on any atom is -0.378 e. The molecule has 21 heavy (non-hydrogen) atoms. The molecule has 108 valence electrons. The summed E-state index contributed by atoms with van der Waals surface area (Å²) >= 11 is 1.56. The predicted octanol–water partition coefficient (Wildman–Crippen LogP) is 2.64. The Labute approximate surface area is 126 Å². The van der Waals surface area contributed by atoms with E-state index in [4.69, 9.17) is 0 Å². The molecule has 2 aromatic heterocycles. The second-order valence-corrected chi connectivity index (χ2v) is 5.86. The number of benzene rings is 1. The van der Waals surface area contributed by atoms with Gasteiger partial charge in [-0.15, -0.1) is 11.3 Å². The lowest BCUT2D eigenvalue weighted by Crippen LogP contribution is -2.15. The van der Waals surface area contributed by atoms with Gasteiger partial charge in [0, 0.05) is 43.2 Å². The number of hydrogen-bond acceptors (Lipinski definition) is 4. The molecule has 1 amide bonds. The molecule has 0 unspecified atom stereocenters. The number of nitrogens with zero attached hydrogens (tertiary/aromatic N) is 3. The van der Waals surface area contributed by atoms with Crippen LogP contribution in [0.1, 0.15) is 5.69 Å². The zero-order valence-electron chi connectivity index (χ0n) is 11.9. The second kappa shape index (κ2) is 5.57. The summed E-state index contributed by atoms with van der Waals surface area (Å²) < 4.78 is 1.93. The van der Waals surface area contributed by atoms with Gasteiger partial charge in [-0.2, -0.15) is 0 Å². The van der Waals surface area contributed by atoms with Crippen LogP contribution in [0.2, 0.25) is 0 Å². The molecule has 3 aromatic rings. The van der Waals surface area contributed by atoms with Crippen LogP contribution in [0.4, 0.5) is 11.4 Å². The molecule has 0 fully saturated rings. The van der Waals surface area contributed by atoms with Crippen molar-refractivity contribution in [3.63, 3.8) is 0 Å². The molecule has 0 aliphatic carbocycles. The summed E-state index contributed by atoms with van der Waals surface area (Å²) in [5, 5.41) is 4.86. The van der Waals surface area contributed by atoms with Gasteiger partial charge >= 0.3 is 0 Å². The van der Waals surface area contributed by atoms with Crippen molar-refractivity contribution in [3.05, 3.63) is 47.7 Å². The van der Waals surface area contributed by atoms with E-state index in [-0.39, 0.29) is 12.3 Å². The summed E-state index contributed by atoms with van der Waals surface area (Å²) in [7, 11) is 3.97.